The zero-order chi connectivity index (χ0) is 24.4. The van der Waals surface area contributed by atoms with E-state index < -0.39 is 17.2 Å². The van der Waals surface area contributed by atoms with Gasteiger partial charge >= 0.3 is 6.09 Å². The number of nitrogens with zero attached hydrogens (tertiary/aromatic N) is 1. The fourth-order valence-corrected chi connectivity index (χ4v) is 4.31. The van der Waals surface area contributed by atoms with Crippen molar-refractivity contribution in [1.82, 2.24) is 15.5 Å². The van der Waals surface area contributed by atoms with E-state index in [1.54, 1.807) is 14.0 Å². The topological polar surface area (TPSA) is 87.7 Å². The van der Waals surface area contributed by atoms with E-state index in [1.165, 1.54) is 4.90 Å². The third kappa shape index (κ3) is 9.02. The predicted molar refractivity (Wildman–Crippen MR) is 129 cm³/mol. The molecule has 2 N–H and O–H groups in total. The average Bonchev–Trinajstić information content (AvgIpc) is 2.71. The monoisotopic (exact) mass is 451 g/mol. The van der Waals surface area contributed by atoms with Crippen molar-refractivity contribution in [2.24, 2.45) is 5.92 Å². The molecule has 1 amide bonds. The van der Waals surface area contributed by atoms with Gasteiger partial charge in [-0.2, -0.15) is 0 Å². The highest BCUT2D eigenvalue weighted by atomic mass is 16.6. The van der Waals surface area contributed by atoms with Crippen molar-refractivity contribution in [3.63, 3.8) is 0 Å². The first-order valence-electron chi connectivity index (χ1n) is 12.0. The number of carbonyl (C=O) groups excluding carboxylic acids is 3. The minimum atomic E-state index is -1.06. The van der Waals surface area contributed by atoms with Gasteiger partial charge in [0, 0.05) is 25.6 Å². The van der Waals surface area contributed by atoms with Crippen LogP contribution in [-0.2, 0) is 14.3 Å². The number of carbonyl (C=O) groups is 3. The molecule has 0 saturated carbocycles. The third-order valence-corrected chi connectivity index (χ3v) is 6.06. The Hall–Kier alpha value is -1.73. The quantitative estimate of drug-likeness (QED) is 0.631. The van der Waals surface area contributed by atoms with E-state index in [0.717, 1.165) is 38.5 Å². The van der Waals surface area contributed by atoms with Crippen LogP contribution in [-0.4, -0.2) is 66.4 Å². The molecule has 0 radical (unpaired) electrons. The lowest BCUT2D eigenvalue weighted by Gasteiger charge is -2.37. The maximum absolute atomic E-state index is 13.3. The van der Waals surface area contributed by atoms with E-state index in [0.29, 0.717) is 0 Å². The number of Topliss-reactive ketones (excluding diaryl/α,β-unsaturated/α-hetero) is 2. The molecule has 32 heavy (non-hydrogen) atoms. The van der Waals surface area contributed by atoms with Crippen LogP contribution in [0.5, 0.6) is 0 Å². The minimum absolute atomic E-state index is 0.0308. The molecule has 7 heteroatoms. The summed E-state index contributed by atoms with van der Waals surface area (Å²) in [5.41, 5.74) is -1.73. The highest BCUT2D eigenvalue weighted by molar-refractivity contribution is 5.93. The van der Waals surface area contributed by atoms with E-state index in [4.69, 9.17) is 4.74 Å². The minimum Gasteiger partial charge on any atom is -0.445 e. The Kier molecular flexibility index (Phi) is 11.6. The van der Waals surface area contributed by atoms with Crippen LogP contribution in [0.4, 0.5) is 4.79 Å². The van der Waals surface area contributed by atoms with E-state index in [-0.39, 0.29) is 43.2 Å². The summed E-state index contributed by atoms with van der Waals surface area (Å²) < 4.78 is 5.32. The van der Waals surface area contributed by atoms with Crippen molar-refractivity contribution in [2.45, 2.75) is 97.2 Å². The first-order chi connectivity index (χ1) is 14.9. The number of ether oxygens (including phenoxy) is 1. The van der Waals surface area contributed by atoms with E-state index in [1.807, 2.05) is 46.8 Å². The van der Waals surface area contributed by atoms with Crippen LogP contribution >= 0.6 is 0 Å². The lowest BCUT2D eigenvalue weighted by molar-refractivity contribution is -0.129. The zero-order valence-corrected chi connectivity index (χ0v) is 21.3. The number of cyclic esters (lactones) is 1. The largest absolute Gasteiger partial charge is 0.445 e. The second-order valence-electron chi connectivity index (χ2n) is 10.1. The highest BCUT2D eigenvalue weighted by Crippen LogP contribution is 2.20. The average molecular weight is 452 g/mol. The second kappa shape index (κ2) is 13.1. The molecule has 0 unspecified atom stereocenters. The van der Waals surface area contributed by atoms with E-state index >= 15 is 0 Å². The van der Waals surface area contributed by atoms with Gasteiger partial charge in [0.15, 0.2) is 11.6 Å². The predicted octanol–water partition coefficient (Wildman–Crippen LogP) is 3.86. The summed E-state index contributed by atoms with van der Waals surface area (Å²) in [5.74, 6) is -0.256. The summed E-state index contributed by atoms with van der Waals surface area (Å²) in [5, 5.41) is 6.66. The fourth-order valence-electron chi connectivity index (χ4n) is 4.31. The molecule has 0 spiro atoms. The molecule has 2 atom stereocenters. The summed E-state index contributed by atoms with van der Waals surface area (Å²) in [6.45, 7) is 11.8. The molecule has 1 heterocycles. The maximum Gasteiger partial charge on any atom is 0.409 e. The van der Waals surface area contributed by atoms with E-state index in [2.05, 4.69) is 10.6 Å². The molecule has 0 saturated heterocycles. The molecule has 0 aliphatic carbocycles. The van der Waals surface area contributed by atoms with Gasteiger partial charge in [-0.3, -0.25) is 14.9 Å². The van der Waals surface area contributed by atoms with Crippen molar-refractivity contribution >= 4 is 17.7 Å². The van der Waals surface area contributed by atoms with Gasteiger partial charge in [-0.25, -0.2) is 4.79 Å². The fraction of sp³-hybridized carbons (Fsp3) is 0.800. The van der Waals surface area contributed by atoms with Gasteiger partial charge in [-0.05, 0) is 47.0 Å². The summed E-state index contributed by atoms with van der Waals surface area (Å²) in [6.07, 6.45) is 9.31. The van der Waals surface area contributed by atoms with Gasteiger partial charge < -0.3 is 15.0 Å². The lowest BCUT2D eigenvalue weighted by atomic mass is 9.85. The first-order valence-corrected chi connectivity index (χ1v) is 12.0. The molecule has 184 valence electrons. The number of rotatable bonds is 4. The zero-order valence-electron chi connectivity index (χ0n) is 21.3. The second-order valence-corrected chi connectivity index (χ2v) is 10.1. The van der Waals surface area contributed by atoms with Crippen LogP contribution in [0.1, 0.15) is 80.1 Å². The van der Waals surface area contributed by atoms with Gasteiger partial charge in [0.25, 0.3) is 0 Å². The standard InChI is InChI=1S/C25H45N3O4/c1-19(2)22(30)25(6)18-28(7)23(31)32-16-14-12-10-8-9-11-13-15-24(5,27-20(3)4)21(29)17-26-25/h12,14,19-20,26-27H,8-11,13,15-18H2,1-7H3/b14-12+/t24-,25+/m1/s1. The van der Waals surface area contributed by atoms with Gasteiger partial charge in [0.05, 0.1) is 17.6 Å². The van der Waals surface area contributed by atoms with Crippen LogP contribution < -0.4 is 10.6 Å². The molecular formula is C25H45N3O4. The number of nitrogens with one attached hydrogen (secondary N) is 2. The molecular weight excluding hydrogens is 406 g/mol. The molecule has 1 aliphatic heterocycles. The van der Waals surface area contributed by atoms with Gasteiger partial charge in [-0.15, -0.1) is 0 Å². The molecule has 0 fully saturated rings. The Morgan fingerprint density at radius 2 is 1.75 bits per heavy atom. The number of hydrogen-bond acceptors (Lipinski definition) is 6. The molecule has 0 bridgehead atoms. The Morgan fingerprint density at radius 3 is 2.38 bits per heavy atom. The van der Waals surface area contributed by atoms with Crippen LogP contribution in [0, 0.1) is 5.92 Å². The summed E-state index contributed by atoms with van der Waals surface area (Å²) >= 11 is 0. The molecule has 1 rings (SSSR count). The lowest BCUT2D eigenvalue weighted by Crippen LogP contribution is -2.62. The number of hydrogen-bond donors (Lipinski definition) is 2. The van der Waals surface area contributed by atoms with Crippen LogP contribution in [0.3, 0.4) is 0 Å². The summed E-state index contributed by atoms with van der Waals surface area (Å²) in [6, 6.07) is 0.163. The van der Waals surface area contributed by atoms with Gasteiger partial charge in [-0.1, -0.05) is 45.3 Å². The Bertz CT molecular complexity index is 662. The smallest absolute Gasteiger partial charge is 0.409 e. The summed E-state index contributed by atoms with van der Waals surface area (Å²) in [4.78, 5) is 40.2. The van der Waals surface area contributed by atoms with Crippen molar-refractivity contribution in [2.75, 3.05) is 26.7 Å². The number of ketones is 2. The van der Waals surface area contributed by atoms with Gasteiger partial charge in [0.2, 0.25) is 0 Å². The van der Waals surface area contributed by atoms with Crippen LogP contribution in [0.15, 0.2) is 12.2 Å². The SMILES string of the molecule is CC(C)N[C@]1(C)CCCCCC/C=C/COC(=O)N(C)C[C@@](C)(C(=O)C(C)C)NCC1=O. The molecule has 1 aliphatic rings. The van der Waals surface area contributed by atoms with E-state index in [9.17, 15) is 14.4 Å². The van der Waals surface area contributed by atoms with Crippen molar-refractivity contribution in [3.8, 4) is 0 Å². The normalized spacial score (nSPS) is 28.8. The number of likely N-dealkylation sites (N-methyl/N-ethyl adjacent to an activating group) is 1. The van der Waals surface area contributed by atoms with Crippen LogP contribution in [0.2, 0.25) is 0 Å². The Balaban J connectivity index is 3.13. The van der Waals surface area contributed by atoms with Crippen LogP contribution in [0.25, 0.3) is 0 Å². The number of amides is 1. The Labute approximate surface area is 194 Å². The molecule has 0 aromatic heterocycles. The van der Waals surface area contributed by atoms with Crippen molar-refractivity contribution in [1.29, 1.82) is 0 Å². The highest BCUT2D eigenvalue weighted by Gasteiger charge is 2.39. The Morgan fingerprint density at radius 1 is 1.09 bits per heavy atom. The number of allylic oxidation sites excluding steroid dienone is 1. The summed E-state index contributed by atoms with van der Waals surface area (Å²) in [7, 11) is 1.62. The van der Waals surface area contributed by atoms with Crippen molar-refractivity contribution < 1.29 is 19.1 Å². The first kappa shape index (κ1) is 28.3. The molecule has 0 aromatic rings. The maximum atomic E-state index is 13.3. The van der Waals surface area contributed by atoms with Gasteiger partial charge in [0.1, 0.15) is 6.61 Å². The van der Waals surface area contributed by atoms with Crippen molar-refractivity contribution in [3.05, 3.63) is 12.2 Å². The molecule has 0 aromatic carbocycles. The third-order valence-electron chi connectivity index (χ3n) is 6.06. The molecule has 7 nitrogen and oxygen atoms in total.